The van der Waals surface area contributed by atoms with Gasteiger partial charge >= 0.3 is 0 Å². The van der Waals surface area contributed by atoms with E-state index in [1.54, 1.807) is 0 Å². The summed E-state index contributed by atoms with van der Waals surface area (Å²) in [6.07, 6.45) is 7.93. The van der Waals surface area contributed by atoms with Gasteiger partial charge in [-0.25, -0.2) is 0 Å². The molecule has 0 saturated carbocycles. The molecule has 3 unspecified atom stereocenters. The molecule has 0 aromatic carbocycles. The van der Waals surface area contributed by atoms with Crippen molar-refractivity contribution in [3.8, 4) is 0 Å². The van der Waals surface area contributed by atoms with Crippen LogP contribution in [-0.4, -0.2) is 28.5 Å². The zero-order valence-corrected chi connectivity index (χ0v) is 11.1. The Morgan fingerprint density at radius 2 is 2.44 bits per heavy atom. The van der Waals surface area contributed by atoms with Crippen LogP contribution in [0.3, 0.4) is 0 Å². The monoisotopic (exact) mass is 249 g/mol. The third-order valence-corrected chi connectivity index (χ3v) is 4.18. The predicted octanol–water partition coefficient (Wildman–Crippen LogP) is 1.95. The lowest BCUT2D eigenvalue weighted by Gasteiger charge is -2.19. The van der Waals surface area contributed by atoms with Gasteiger partial charge in [0, 0.05) is 31.7 Å². The Morgan fingerprint density at radius 1 is 1.50 bits per heavy atom. The van der Waals surface area contributed by atoms with Crippen LogP contribution >= 0.6 is 0 Å². The molecule has 1 aromatic heterocycles. The number of hydrogen-bond donors (Lipinski definition) is 1. The van der Waals surface area contributed by atoms with E-state index in [2.05, 4.69) is 28.1 Å². The maximum absolute atomic E-state index is 5.88. The first-order chi connectivity index (χ1) is 8.86. The van der Waals surface area contributed by atoms with Crippen molar-refractivity contribution in [3.63, 3.8) is 0 Å². The number of aromatic nitrogens is 2. The number of aryl methyl sites for hydroxylation is 1. The summed E-state index contributed by atoms with van der Waals surface area (Å²) in [7, 11) is 0. The van der Waals surface area contributed by atoms with Gasteiger partial charge in [-0.2, -0.15) is 5.10 Å². The molecule has 1 aromatic rings. The SMILES string of the molecule is CCCn1nccc1CNCC1CC2CCC1O2. The second-order valence-electron chi connectivity index (χ2n) is 5.55. The van der Waals surface area contributed by atoms with E-state index in [0.717, 1.165) is 32.0 Å². The van der Waals surface area contributed by atoms with Crippen LogP contribution in [0.5, 0.6) is 0 Å². The van der Waals surface area contributed by atoms with Crippen LogP contribution in [0.15, 0.2) is 12.3 Å². The minimum atomic E-state index is 0.531. The van der Waals surface area contributed by atoms with Gasteiger partial charge in [-0.15, -0.1) is 0 Å². The quantitative estimate of drug-likeness (QED) is 0.837. The molecular weight excluding hydrogens is 226 g/mol. The van der Waals surface area contributed by atoms with Crippen LogP contribution in [0.25, 0.3) is 0 Å². The number of fused-ring (bicyclic) bond motifs is 2. The molecular formula is C14H23N3O. The Kier molecular flexibility index (Phi) is 3.66. The average Bonchev–Trinajstić information content (AvgIpc) is 3.06. The summed E-state index contributed by atoms with van der Waals surface area (Å²) in [4.78, 5) is 0. The van der Waals surface area contributed by atoms with E-state index in [1.807, 2.05) is 6.20 Å². The number of nitrogens with one attached hydrogen (secondary N) is 1. The van der Waals surface area contributed by atoms with E-state index in [9.17, 15) is 0 Å². The lowest BCUT2D eigenvalue weighted by atomic mass is 9.89. The lowest BCUT2D eigenvalue weighted by molar-refractivity contribution is 0.0923. The fourth-order valence-corrected chi connectivity index (χ4v) is 3.27. The topological polar surface area (TPSA) is 39.1 Å². The van der Waals surface area contributed by atoms with Crippen LogP contribution in [0.2, 0.25) is 0 Å². The number of rotatable bonds is 6. The maximum atomic E-state index is 5.88. The first kappa shape index (κ1) is 12.2. The zero-order valence-electron chi connectivity index (χ0n) is 11.1. The summed E-state index contributed by atoms with van der Waals surface area (Å²) < 4.78 is 7.98. The van der Waals surface area contributed by atoms with Crippen LogP contribution in [0.1, 0.15) is 38.3 Å². The molecule has 0 aliphatic carbocycles. The van der Waals surface area contributed by atoms with Gasteiger partial charge in [0.1, 0.15) is 0 Å². The standard InChI is InChI=1S/C14H23N3O/c1-2-7-17-12(5-6-16-17)10-15-9-11-8-13-3-4-14(11)18-13/h5-6,11,13-15H,2-4,7-10H2,1H3. The Morgan fingerprint density at radius 3 is 3.17 bits per heavy atom. The van der Waals surface area contributed by atoms with Gasteiger partial charge in [-0.1, -0.05) is 6.92 Å². The summed E-state index contributed by atoms with van der Waals surface area (Å²) in [6, 6.07) is 2.11. The summed E-state index contributed by atoms with van der Waals surface area (Å²) >= 11 is 0. The summed E-state index contributed by atoms with van der Waals surface area (Å²) in [6.45, 7) is 5.21. The largest absolute Gasteiger partial charge is 0.375 e. The second kappa shape index (κ2) is 5.41. The zero-order chi connectivity index (χ0) is 12.4. The van der Waals surface area contributed by atoms with Crippen molar-refractivity contribution in [3.05, 3.63) is 18.0 Å². The van der Waals surface area contributed by atoms with Crippen LogP contribution in [-0.2, 0) is 17.8 Å². The van der Waals surface area contributed by atoms with Gasteiger partial charge in [0.25, 0.3) is 0 Å². The Hall–Kier alpha value is -0.870. The molecule has 0 radical (unpaired) electrons. The van der Waals surface area contributed by atoms with Gasteiger partial charge in [0.15, 0.2) is 0 Å². The maximum Gasteiger partial charge on any atom is 0.0621 e. The highest BCUT2D eigenvalue weighted by molar-refractivity contribution is 5.00. The average molecular weight is 249 g/mol. The van der Waals surface area contributed by atoms with E-state index in [1.165, 1.54) is 25.0 Å². The molecule has 4 heteroatoms. The second-order valence-corrected chi connectivity index (χ2v) is 5.55. The van der Waals surface area contributed by atoms with Crippen LogP contribution < -0.4 is 5.32 Å². The van der Waals surface area contributed by atoms with Crippen molar-refractivity contribution in [2.24, 2.45) is 5.92 Å². The summed E-state index contributed by atoms with van der Waals surface area (Å²) in [5, 5.41) is 7.92. The number of ether oxygens (including phenoxy) is 1. The third-order valence-electron chi connectivity index (χ3n) is 4.18. The van der Waals surface area contributed by atoms with E-state index < -0.39 is 0 Å². The van der Waals surface area contributed by atoms with Crippen LogP contribution in [0.4, 0.5) is 0 Å². The highest BCUT2D eigenvalue weighted by Crippen LogP contribution is 2.38. The van der Waals surface area contributed by atoms with Crippen molar-refractivity contribution >= 4 is 0 Å². The minimum absolute atomic E-state index is 0.531. The Balaban J connectivity index is 1.45. The first-order valence-electron chi connectivity index (χ1n) is 7.23. The molecule has 4 nitrogen and oxygen atoms in total. The molecule has 18 heavy (non-hydrogen) atoms. The van der Waals surface area contributed by atoms with E-state index in [0.29, 0.717) is 12.2 Å². The number of hydrogen-bond acceptors (Lipinski definition) is 3. The van der Waals surface area contributed by atoms with Gasteiger partial charge in [-0.3, -0.25) is 4.68 Å². The third kappa shape index (κ3) is 2.45. The molecule has 3 atom stereocenters. The molecule has 2 aliphatic rings. The van der Waals surface area contributed by atoms with Crippen molar-refractivity contribution in [2.75, 3.05) is 6.54 Å². The van der Waals surface area contributed by atoms with Gasteiger partial charge in [-0.05, 0) is 31.7 Å². The molecule has 2 bridgehead atoms. The lowest BCUT2D eigenvalue weighted by Crippen LogP contribution is -2.29. The molecule has 2 fully saturated rings. The van der Waals surface area contributed by atoms with E-state index in [4.69, 9.17) is 4.74 Å². The molecule has 3 rings (SSSR count). The number of nitrogens with zero attached hydrogens (tertiary/aromatic N) is 2. The summed E-state index contributed by atoms with van der Waals surface area (Å²) in [5.41, 5.74) is 1.29. The van der Waals surface area contributed by atoms with Crippen molar-refractivity contribution in [1.29, 1.82) is 0 Å². The van der Waals surface area contributed by atoms with Crippen molar-refractivity contribution in [1.82, 2.24) is 15.1 Å². The molecule has 2 saturated heterocycles. The minimum Gasteiger partial charge on any atom is -0.375 e. The predicted molar refractivity (Wildman–Crippen MR) is 70.2 cm³/mol. The molecule has 1 N–H and O–H groups in total. The van der Waals surface area contributed by atoms with Gasteiger partial charge in [0.05, 0.1) is 17.9 Å². The van der Waals surface area contributed by atoms with Crippen molar-refractivity contribution < 1.29 is 4.74 Å². The van der Waals surface area contributed by atoms with E-state index >= 15 is 0 Å². The fourth-order valence-electron chi connectivity index (χ4n) is 3.27. The molecule has 2 aliphatic heterocycles. The Labute approximate surface area is 109 Å². The smallest absolute Gasteiger partial charge is 0.0621 e. The molecule has 3 heterocycles. The first-order valence-corrected chi connectivity index (χ1v) is 7.23. The molecule has 100 valence electrons. The Bertz CT molecular complexity index is 390. The summed E-state index contributed by atoms with van der Waals surface area (Å²) in [5.74, 6) is 0.728. The highest BCUT2D eigenvalue weighted by Gasteiger charge is 2.40. The van der Waals surface area contributed by atoms with Crippen LogP contribution in [0, 0.1) is 5.92 Å². The van der Waals surface area contributed by atoms with Crippen molar-refractivity contribution in [2.45, 2.75) is 57.9 Å². The van der Waals surface area contributed by atoms with Gasteiger partial charge < -0.3 is 10.1 Å². The van der Waals surface area contributed by atoms with E-state index in [-0.39, 0.29) is 0 Å². The van der Waals surface area contributed by atoms with Gasteiger partial charge in [0.2, 0.25) is 0 Å². The normalized spacial score (nSPS) is 30.2. The molecule has 0 spiro atoms. The molecule has 0 amide bonds. The fraction of sp³-hybridized carbons (Fsp3) is 0.786. The highest BCUT2D eigenvalue weighted by atomic mass is 16.5.